The van der Waals surface area contributed by atoms with Gasteiger partial charge in [-0.15, -0.1) is 0 Å². The van der Waals surface area contributed by atoms with Crippen LogP contribution in [0.15, 0.2) is 29.8 Å². The molecule has 0 saturated carbocycles. The Kier molecular flexibility index (Phi) is 1.84. The summed E-state index contributed by atoms with van der Waals surface area (Å²) in [5.41, 5.74) is 2.70. The van der Waals surface area contributed by atoms with E-state index < -0.39 is 0 Å². The van der Waals surface area contributed by atoms with Crippen LogP contribution in [0.4, 0.5) is 0 Å². The zero-order valence-corrected chi connectivity index (χ0v) is 8.79. The van der Waals surface area contributed by atoms with Gasteiger partial charge in [-0.3, -0.25) is 4.79 Å². The predicted octanol–water partition coefficient (Wildman–Crippen LogP) is 3.31. The second-order valence-corrected chi connectivity index (χ2v) is 4.37. The molecule has 0 saturated heterocycles. The molecule has 0 aliphatic heterocycles. The quantitative estimate of drug-likeness (QED) is 0.607. The molecule has 1 aromatic carbocycles. The lowest BCUT2D eigenvalue weighted by Crippen LogP contribution is -2.28. The van der Waals surface area contributed by atoms with Gasteiger partial charge in [-0.05, 0) is 26.3 Å². The van der Waals surface area contributed by atoms with E-state index in [2.05, 4.69) is 6.08 Å². The topological polar surface area (TPSA) is 17.1 Å². The third kappa shape index (κ3) is 1.12. The molecule has 1 aliphatic carbocycles. The van der Waals surface area contributed by atoms with Gasteiger partial charge in [-0.1, -0.05) is 35.9 Å². The number of Topliss-reactive ketones (excluding diaryl/α,β-unsaturated/α-hetero) is 1. The first-order chi connectivity index (χ1) is 6.53. The van der Waals surface area contributed by atoms with E-state index in [9.17, 15) is 4.79 Å². The van der Waals surface area contributed by atoms with Crippen LogP contribution in [0.1, 0.15) is 36.7 Å². The standard InChI is InChI=1S/C13H14O/c1-9-8-10-6-4-5-7-11(10)12(14)13(9,2)3/h4-8H,1-3H3. The molecule has 1 aliphatic rings. The van der Waals surface area contributed by atoms with E-state index in [1.807, 2.05) is 45.0 Å². The van der Waals surface area contributed by atoms with Gasteiger partial charge in [-0.25, -0.2) is 0 Å². The Balaban J connectivity index is 2.68. The first-order valence-electron chi connectivity index (χ1n) is 4.86. The lowest BCUT2D eigenvalue weighted by molar-refractivity contribution is 0.0873. The van der Waals surface area contributed by atoms with Crippen molar-refractivity contribution in [2.45, 2.75) is 20.8 Å². The number of ketones is 1. The molecule has 0 fully saturated rings. The first kappa shape index (κ1) is 9.20. The van der Waals surface area contributed by atoms with Crippen molar-refractivity contribution in [3.8, 4) is 0 Å². The number of benzene rings is 1. The molecule has 72 valence electrons. The average Bonchev–Trinajstić information content (AvgIpc) is 2.15. The van der Waals surface area contributed by atoms with Crippen molar-refractivity contribution in [1.82, 2.24) is 0 Å². The largest absolute Gasteiger partial charge is 0.293 e. The SMILES string of the molecule is CC1=Cc2ccccc2C(=O)C1(C)C. The molecule has 0 N–H and O–H groups in total. The van der Waals surface area contributed by atoms with E-state index in [1.165, 1.54) is 0 Å². The Bertz CT molecular complexity index is 425. The highest BCUT2D eigenvalue weighted by atomic mass is 16.1. The number of hydrogen-bond donors (Lipinski definition) is 0. The molecule has 0 atom stereocenters. The lowest BCUT2D eigenvalue weighted by Gasteiger charge is -2.29. The number of carbonyl (C=O) groups is 1. The van der Waals surface area contributed by atoms with Crippen LogP contribution < -0.4 is 0 Å². The van der Waals surface area contributed by atoms with Gasteiger partial charge in [-0.2, -0.15) is 0 Å². The molecule has 0 amide bonds. The van der Waals surface area contributed by atoms with Gasteiger partial charge in [0.25, 0.3) is 0 Å². The molecule has 1 heteroatoms. The molecule has 0 aromatic heterocycles. The number of carbonyl (C=O) groups excluding carboxylic acids is 1. The summed E-state index contributed by atoms with van der Waals surface area (Å²) in [5, 5.41) is 0. The Morgan fingerprint density at radius 1 is 1.14 bits per heavy atom. The zero-order valence-electron chi connectivity index (χ0n) is 8.79. The Morgan fingerprint density at radius 3 is 2.50 bits per heavy atom. The van der Waals surface area contributed by atoms with Crippen LogP contribution in [0.5, 0.6) is 0 Å². The molecule has 2 rings (SSSR count). The summed E-state index contributed by atoms with van der Waals surface area (Å²) in [6.45, 7) is 5.99. The van der Waals surface area contributed by atoms with Crippen molar-refractivity contribution in [1.29, 1.82) is 0 Å². The van der Waals surface area contributed by atoms with E-state index >= 15 is 0 Å². The normalized spacial score (nSPS) is 18.8. The minimum Gasteiger partial charge on any atom is -0.293 e. The fraction of sp³-hybridized carbons (Fsp3) is 0.308. The maximum absolute atomic E-state index is 12.1. The minimum atomic E-state index is -0.339. The molecule has 0 heterocycles. The van der Waals surface area contributed by atoms with Crippen molar-refractivity contribution in [3.05, 3.63) is 41.0 Å². The summed E-state index contributed by atoms with van der Waals surface area (Å²) < 4.78 is 0. The molecule has 1 nitrogen and oxygen atoms in total. The van der Waals surface area contributed by atoms with Gasteiger partial charge >= 0.3 is 0 Å². The Hall–Kier alpha value is -1.37. The lowest BCUT2D eigenvalue weighted by atomic mass is 9.73. The maximum atomic E-state index is 12.1. The minimum absolute atomic E-state index is 0.230. The van der Waals surface area contributed by atoms with Gasteiger partial charge in [0.05, 0.1) is 0 Å². The van der Waals surface area contributed by atoms with Gasteiger partial charge < -0.3 is 0 Å². The molecule has 1 aromatic rings. The average molecular weight is 186 g/mol. The molecule has 0 bridgehead atoms. The van der Waals surface area contributed by atoms with E-state index in [0.717, 1.165) is 16.7 Å². The maximum Gasteiger partial charge on any atom is 0.173 e. The van der Waals surface area contributed by atoms with Crippen LogP contribution in [0, 0.1) is 5.41 Å². The van der Waals surface area contributed by atoms with E-state index in [0.29, 0.717) is 0 Å². The Morgan fingerprint density at radius 2 is 1.79 bits per heavy atom. The number of rotatable bonds is 0. The summed E-state index contributed by atoms with van der Waals surface area (Å²) in [5.74, 6) is 0.230. The van der Waals surface area contributed by atoms with Crippen molar-refractivity contribution in [2.75, 3.05) is 0 Å². The Labute approximate surface area is 84.5 Å². The highest BCUT2D eigenvalue weighted by Crippen LogP contribution is 2.37. The summed E-state index contributed by atoms with van der Waals surface area (Å²) in [4.78, 5) is 12.1. The second kappa shape index (κ2) is 2.81. The molecule has 14 heavy (non-hydrogen) atoms. The summed E-state index contributed by atoms with van der Waals surface area (Å²) in [6, 6.07) is 7.78. The van der Waals surface area contributed by atoms with Crippen molar-refractivity contribution < 1.29 is 4.79 Å². The summed E-state index contributed by atoms with van der Waals surface area (Å²) >= 11 is 0. The first-order valence-corrected chi connectivity index (χ1v) is 4.86. The highest BCUT2D eigenvalue weighted by Gasteiger charge is 2.34. The van der Waals surface area contributed by atoms with Crippen LogP contribution >= 0.6 is 0 Å². The van der Waals surface area contributed by atoms with Gasteiger partial charge in [0.15, 0.2) is 5.78 Å². The predicted molar refractivity (Wildman–Crippen MR) is 58.2 cm³/mol. The van der Waals surface area contributed by atoms with Crippen molar-refractivity contribution >= 4 is 11.9 Å². The highest BCUT2D eigenvalue weighted by molar-refractivity contribution is 6.07. The second-order valence-electron chi connectivity index (χ2n) is 4.37. The van der Waals surface area contributed by atoms with E-state index in [1.54, 1.807) is 0 Å². The van der Waals surface area contributed by atoms with Crippen LogP contribution in [0.3, 0.4) is 0 Å². The van der Waals surface area contributed by atoms with Gasteiger partial charge in [0, 0.05) is 11.0 Å². The van der Waals surface area contributed by atoms with Crippen LogP contribution in [0.25, 0.3) is 6.08 Å². The number of fused-ring (bicyclic) bond motifs is 1. The zero-order chi connectivity index (χ0) is 10.3. The van der Waals surface area contributed by atoms with E-state index in [-0.39, 0.29) is 11.2 Å². The third-order valence-electron chi connectivity index (χ3n) is 3.13. The number of allylic oxidation sites excluding steroid dienone is 1. The molecular formula is C13H14O. The molecule has 0 spiro atoms. The van der Waals surface area contributed by atoms with Crippen LogP contribution in [-0.4, -0.2) is 5.78 Å². The van der Waals surface area contributed by atoms with Crippen LogP contribution in [0.2, 0.25) is 0 Å². The number of hydrogen-bond acceptors (Lipinski definition) is 1. The van der Waals surface area contributed by atoms with Gasteiger partial charge in [0.2, 0.25) is 0 Å². The van der Waals surface area contributed by atoms with Crippen molar-refractivity contribution in [2.24, 2.45) is 5.41 Å². The third-order valence-corrected chi connectivity index (χ3v) is 3.13. The molecular weight excluding hydrogens is 172 g/mol. The summed E-state index contributed by atoms with van der Waals surface area (Å²) in [6.07, 6.45) is 2.11. The van der Waals surface area contributed by atoms with Crippen LogP contribution in [-0.2, 0) is 0 Å². The van der Waals surface area contributed by atoms with Gasteiger partial charge in [0.1, 0.15) is 0 Å². The monoisotopic (exact) mass is 186 g/mol. The fourth-order valence-corrected chi connectivity index (χ4v) is 1.76. The fourth-order valence-electron chi connectivity index (χ4n) is 1.76. The summed E-state index contributed by atoms with van der Waals surface area (Å²) in [7, 11) is 0. The molecule has 0 radical (unpaired) electrons. The molecule has 0 unspecified atom stereocenters. The smallest absolute Gasteiger partial charge is 0.173 e. The van der Waals surface area contributed by atoms with Crippen molar-refractivity contribution in [3.63, 3.8) is 0 Å². The van der Waals surface area contributed by atoms with E-state index in [4.69, 9.17) is 0 Å².